The maximum Gasteiger partial charge on any atom is 0.151 e. The summed E-state index contributed by atoms with van der Waals surface area (Å²) in [7, 11) is 0. The van der Waals surface area contributed by atoms with Crippen molar-refractivity contribution in [1.29, 1.82) is 5.41 Å². The summed E-state index contributed by atoms with van der Waals surface area (Å²) < 4.78 is 0. The normalized spacial score (nSPS) is 10.2. The van der Waals surface area contributed by atoms with Crippen molar-refractivity contribution in [2.45, 2.75) is 0 Å². The standard InChI is InChI=1S/C20H16N2/c1-22-20(21)19-13-17(15-8-4-2-5-9-15)12-18(14-19)16-10-6-3-7-11-16/h2-14,21H,1H2. The Morgan fingerprint density at radius 1 is 0.682 bits per heavy atom. The Morgan fingerprint density at radius 2 is 1.14 bits per heavy atom. The average Bonchev–Trinajstić information content (AvgIpc) is 2.62. The fraction of sp³-hybridized carbons (Fsp3) is 0. The summed E-state index contributed by atoms with van der Waals surface area (Å²) >= 11 is 0. The zero-order valence-electron chi connectivity index (χ0n) is 12.2. The van der Waals surface area contributed by atoms with E-state index in [1.165, 1.54) is 0 Å². The minimum Gasteiger partial charge on any atom is -0.282 e. The molecular formula is C20H16N2. The first-order chi connectivity index (χ1) is 10.8. The highest BCUT2D eigenvalue weighted by molar-refractivity contribution is 6.01. The van der Waals surface area contributed by atoms with Gasteiger partial charge in [0.2, 0.25) is 0 Å². The van der Waals surface area contributed by atoms with Crippen LogP contribution in [0.3, 0.4) is 0 Å². The van der Waals surface area contributed by atoms with Gasteiger partial charge in [-0.15, -0.1) is 0 Å². The molecule has 0 spiro atoms. The molecule has 106 valence electrons. The molecule has 22 heavy (non-hydrogen) atoms. The number of nitrogens with zero attached hydrogens (tertiary/aromatic N) is 1. The molecule has 0 aliphatic carbocycles. The SMILES string of the molecule is C=NC(=N)c1cc(-c2ccccc2)cc(-c2ccccc2)c1. The first kappa shape index (κ1) is 14.0. The van der Waals surface area contributed by atoms with Crippen LogP contribution in [-0.4, -0.2) is 12.6 Å². The Morgan fingerprint density at radius 3 is 1.55 bits per heavy atom. The number of nitrogens with one attached hydrogen (secondary N) is 1. The predicted molar refractivity (Wildman–Crippen MR) is 93.7 cm³/mol. The van der Waals surface area contributed by atoms with Gasteiger partial charge in [-0.2, -0.15) is 0 Å². The third kappa shape index (κ3) is 2.86. The second-order valence-corrected chi connectivity index (χ2v) is 5.04. The Labute approximate surface area is 130 Å². The molecule has 0 saturated heterocycles. The number of benzene rings is 3. The number of aliphatic imine (C=N–C) groups is 1. The topological polar surface area (TPSA) is 36.2 Å². The van der Waals surface area contributed by atoms with E-state index in [0.717, 1.165) is 27.8 Å². The molecule has 2 nitrogen and oxygen atoms in total. The van der Waals surface area contributed by atoms with Crippen LogP contribution in [0.25, 0.3) is 22.3 Å². The zero-order chi connectivity index (χ0) is 15.4. The van der Waals surface area contributed by atoms with Gasteiger partial charge in [-0.1, -0.05) is 60.7 Å². The summed E-state index contributed by atoms with van der Waals surface area (Å²) in [6.45, 7) is 3.47. The highest BCUT2D eigenvalue weighted by Gasteiger charge is 2.07. The fourth-order valence-corrected chi connectivity index (χ4v) is 2.45. The van der Waals surface area contributed by atoms with Crippen molar-refractivity contribution in [1.82, 2.24) is 0 Å². The van der Waals surface area contributed by atoms with Gasteiger partial charge in [0.15, 0.2) is 5.84 Å². The number of rotatable bonds is 3. The van der Waals surface area contributed by atoms with Crippen molar-refractivity contribution in [2.24, 2.45) is 4.99 Å². The Bertz CT molecular complexity index is 748. The first-order valence-corrected chi connectivity index (χ1v) is 7.09. The molecule has 0 saturated carbocycles. The van der Waals surface area contributed by atoms with Crippen LogP contribution in [0.5, 0.6) is 0 Å². The van der Waals surface area contributed by atoms with E-state index in [4.69, 9.17) is 5.41 Å². The van der Waals surface area contributed by atoms with Crippen LogP contribution in [-0.2, 0) is 0 Å². The third-order valence-electron chi connectivity index (χ3n) is 3.58. The Hall–Kier alpha value is -3.00. The van der Waals surface area contributed by atoms with Gasteiger partial charge in [0.1, 0.15) is 0 Å². The van der Waals surface area contributed by atoms with Crippen LogP contribution in [0.1, 0.15) is 5.56 Å². The van der Waals surface area contributed by atoms with E-state index in [1.54, 1.807) is 0 Å². The van der Waals surface area contributed by atoms with Crippen LogP contribution in [0, 0.1) is 5.41 Å². The van der Waals surface area contributed by atoms with Gasteiger partial charge in [-0.25, -0.2) is 4.99 Å². The fourth-order valence-electron chi connectivity index (χ4n) is 2.45. The van der Waals surface area contributed by atoms with Gasteiger partial charge >= 0.3 is 0 Å². The van der Waals surface area contributed by atoms with E-state index in [1.807, 2.05) is 48.5 Å². The minimum absolute atomic E-state index is 0.190. The molecule has 0 aliphatic heterocycles. The van der Waals surface area contributed by atoms with E-state index >= 15 is 0 Å². The van der Waals surface area contributed by atoms with E-state index in [-0.39, 0.29) is 5.84 Å². The molecule has 0 aromatic heterocycles. The van der Waals surface area contributed by atoms with E-state index in [9.17, 15) is 0 Å². The van der Waals surface area contributed by atoms with Gasteiger partial charge in [0, 0.05) is 5.56 Å². The second-order valence-electron chi connectivity index (χ2n) is 5.04. The van der Waals surface area contributed by atoms with Crippen molar-refractivity contribution in [3.05, 3.63) is 84.4 Å². The number of hydrogen-bond donors (Lipinski definition) is 1. The molecule has 0 bridgehead atoms. The number of hydrogen-bond acceptors (Lipinski definition) is 1. The first-order valence-electron chi connectivity index (χ1n) is 7.09. The van der Waals surface area contributed by atoms with Gasteiger partial charge < -0.3 is 0 Å². The largest absolute Gasteiger partial charge is 0.282 e. The molecule has 0 amide bonds. The van der Waals surface area contributed by atoms with E-state index in [2.05, 4.69) is 42.0 Å². The van der Waals surface area contributed by atoms with Gasteiger partial charge in [0.25, 0.3) is 0 Å². The quantitative estimate of drug-likeness (QED) is 0.516. The van der Waals surface area contributed by atoms with Crippen LogP contribution in [0.15, 0.2) is 83.9 Å². The molecule has 3 aromatic rings. The maximum absolute atomic E-state index is 7.97. The van der Waals surface area contributed by atoms with Gasteiger partial charge in [0.05, 0.1) is 0 Å². The average molecular weight is 284 g/mol. The van der Waals surface area contributed by atoms with Crippen LogP contribution in [0.4, 0.5) is 0 Å². The Balaban J connectivity index is 2.19. The lowest BCUT2D eigenvalue weighted by molar-refractivity contribution is 1.43. The molecule has 2 heteroatoms. The lowest BCUT2D eigenvalue weighted by Crippen LogP contribution is -1.96. The van der Waals surface area contributed by atoms with Gasteiger partial charge in [-0.05, 0) is 47.2 Å². The van der Waals surface area contributed by atoms with Crippen molar-refractivity contribution in [3.8, 4) is 22.3 Å². The lowest BCUT2D eigenvalue weighted by Gasteiger charge is -2.10. The maximum atomic E-state index is 7.97. The van der Waals surface area contributed by atoms with Crippen molar-refractivity contribution < 1.29 is 0 Å². The van der Waals surface area contributed by atoms with Crippen molar-refractivity contribution in [3.63, 3.8) is 0 Å². The van der Waals surface area contributed by atoms with Crippen LogP contribution in [0.2, 0.25) is 0 Å². The summed E-state index contributed by atoms with van der Waals surface area (Å²) in [6, 6.07) is 26.4. The highest BCUT2D eigenvalue weighted by Crippen LogP contribution is 2.28. The monoisotopic (exact) mass is 284 g/mol. The molecule has 0 fully saturated rings. The van der Waals surface area contributed by atoms with Crippen molar-refractivity contribution >= 4 is 12.6 Å². The summed E-state index contributed by atoms with van der Waals surface area (Å²) in [4.78, 5) is 3.76. The zero-order valence-corrected chi connectivity index (χ0v) is 12.2. The van der Waals surface area contributed by atoms with Crippen LogP contribution >= 0.6 is 0 Å². The van der Waals surface area contributed by atoms with Gasteiger partial charge in [-0.3, -0.25) is 5.41 Å². The number of amidine groups is 1. The second kappa shape index (κ2) is 6.19. The predicted octanol–water partition coefficient (Wildman–Crippen LogP) is 5.05. The molecule has 3 aromatic carbocycles. The molecule has 0 aliphatic rings. The van der Waals surface area contributed by atoms with Crippen LogP contribution < -0.4 is 0 Å². The molecule has 0 unspecified atom stereocenters. The minimum atomic E-state index is 0.190. The summed E-state index contributed by atoms with van der Waals surface area (Å²) in [6.07, 6.45) is 0. The molecule has 0 radical (unpaired) electrons. The summed E-state index contributed by atoms with van der Waals surface area (Å²) in [5.74, 6) is 0.190. The molecule has 0 atom stereocenters. The molecular weight excluding hydrogens is 268 g/mol. The smallest absolute Gasteiger partial charge is 0.151 e. The molecule has 0 heterocycles. The summed E-state index contributed by atoms with van der Waals surface area (Å²) in [5.41, 5.74) is 5.17. The lowest BCUT2D eigenvalue weighted by atomic mass is 9.96. The highest BCUT2D eigenvalue weighted by atomic mass is 14.8. The third-order valence-corrected chi connectivity index (χ3v) is 3.58. The Kier molecular flexibility index (Phi) is 3.92. The molecule has 1 N–H and O–H groups in total. The summed E-state index contributed by atoms with van der Waals surface area (Å²) in [5, 5.41) is 7.97. The van der Waals surface area contributed by atoms with Crippen molar-refractivity contribution in [2.75, 3.05) is 0 Å². The molecule has 3 rings (SSSR count). The van der Waals surface area contributed by atoms with E-state index < -0.39 is 0 Å². The van der Waals surface area contributed by atoms with E-state index in [0.29, 0.717) is 0 Å².